The van der Waals surface area contributed by atoms with Crippen LogP contribution in [-0.4, -0.2) is 31.4 Å². The smallest absolute Gasteiger partial charge is 0.449 e. The third-order valence-corrected chi connectivity index (χ3v) is 4.77. The van der Waals surface area contributed by atoms with E-state index < -0.39 is 7.12 Å². The van der Waals surface area contributed by atoms with E-state index in [4.69, 9.17) is 13.7 Å². The standard InChI is InChI=1S/C15H24BNO3/c1-14(2)15(3,4)20-16(19-14)12-8-9-13(18-12)17-10-6-5-7-11-17/h8-9H,5-7,10-11H2,1-4H3. The van der Waals surface area contributed by atoms with E-state index in [9.17, 15) is 0 Å². The van der Waals surface area contributed by atoms with Gasteiger partial charge in [0.05, 0.1) is 11.2 Å². The monoisotopic (exact) mass is 277 g/mol. The quantitative estimate of drug-likeness (QED) is 0.778. The predicted octanol–water partition coefficient (Wildman–Crippen LogP) is 2.57. The van der Waals surface area contributed by atoms with Gasteiger partial charge in [0.15, 0.2) is 5.88 Å². The second kappa shape index (κ2) is 4.81. The number of piperidine rings is 1. The molecule has 0 amide bonds. The molecule has 0 spiro atoms. The minimum atomic E-state index is -0.404. The number of anilines is 1. The van der Waals surface area contributed by atoms with Crippen molar-refractivity contribution in [2.24, 2.45) is 0 Å². The van der Waals surface area contributed by atoms with Crippen molar-refractivity contribution in [1.82, 2.24) is 0 Å². The summed E-state index contributed by atoms with van der Waals surface area (Å²) in [4.78, 5) is 2.30. The molecule has 3 heterocycles. The topological polar surface area (TPSA) is 34.8 Å². The summed E-state index contributed by atoms with van der Waals surface area (Å²) in [5, 5.41) is 0. The maximum Gasteiger partial charge on any atom is 0.532 e. The molecule has 0 aromatic carbocycles. The van der Waals surface area contributed by atoms with E-state index in [1.54, 1.807) is 0 Å². The lowest BCUT2D eigenvalue weighted by Crippen LogP contribution is -2.41. The molecular weight excluding hydrogens is 253 g/mol. The van der Waals surface area contributed by atoms with Crippen molar-refractivity contribution in [3.8, 4) is 0 Å². The lowest BCUT2D eigenvalue weighted by atomic mass is 9.86. The molecule has 0 saturated carbocycles. The van der Waals surface area contributed by atoms with E-state index in [0.29, 0.717) is 0 Å². The predicted molar refractivity (Wildman–Crippen MR) is 80.5 cm³/mol. The number of rotatable bonds is 2. The second-order valence-electron chi connectivity index (χ2n) is 6.81. The van der Waals surface area contributed by atoms with Crippen molar-refractivity contribution >= 4 is 18.7 Å². The molecule has 2 aliphatic rings. The zero-order chi connectivity index (χ0) is 14.4. The highest BCUT2D eigenvalue weighted by molar-refractivity contribution is 6.60. The highest BCUT2D eigenvalue weighted by Gasteiger charge is 2.53. The molecule has 1 aromatic heterocycles. The summed E-state index contributed by atoms with van der Waals surface area (Å²) in [7, 11) is -0.404. The van der Waals surface area contributed by atoms with E-state index in [0.717, 1.165) is 24.6 Å². The van der Waals surface area contributed by atoms with Crippen LogP contribution in [0.2, 0.25) is 0 Å². The molecule has 4 nitrogen and oxygen atoms in total. The zero-order valence-electron chi connectivity index (χ0n) is 12.9. The summed E-state index contributed by atoms with van der Waals surface area (Å²) in [5.74, 6) is 0.939. The van der Waals surface area contributed by atoms with Crippen molar-refractivity contribution in [2.45, 2.75) is 58.2 Å². The van der Waals surface area contributed by atoms with E-state index in [1.165, 1.54) is 19.3 Å². The first-order chi connectivity index (χ1) is 9.39. The Morgan fingerprint density at radius 3 is 2.15 bits per heavy atom. The second-order valence-corrected chi connectivity index (χ2v) is 6.81. The van der Waals surface area contributed by atoms with Gasteiger partial charge in [-0.25, -0.2) is 0 Å². The van der Waals surface area contributed by atoms with Crippen molar-refractivity contribution in [1.29, 1.82) is 0 Å². The van der Waals surface area contributed by atoms with E-state index in [-0.39, 0.29) is 11.2 Å². The highest BCUT2D eigenvalue weighted by atomic mass is 16.7. The molecule has 0 atom stereocenters. The summed E-state index contributed by atoms with van der Waals surface area (Å²) < 4.78 is 18.0. The molecule has 0 radical (unpaired) electrons. The first-order valence-corrected chi connectivity index (χ1v) is 7.59. The third kappa shape index (κ3) is 2.37. The SMILES string of the molecule is CC1(C)OB(c2ccc(N3CCCCC3)o2)OC1(C)C. The van der Waals surface area contributed by atoms with Crippen molar-refractivity contribution in [2.75, 3.05) is 18.0 Å². The number of nitrogens with zero attached hydrogens (tertiary/aromatic N) is 1. The Kier molecular flexibility index (Phi) is 3.37. The van der Waals surface area contributed by atoms with Gasteiger partial charge in [-0.2, -0.15) is 0 Å². The van der Waals surface area contributed by atoms with Crippen LogP contribution in [-0.2, 0) is 9.31 Å². The van der Waals surface area contributed by atoms with E-state index in [2.05, 4.69) is 32.6 Å². The first-order valence-electron chi connectivity index (χ1n) is 7.59. The van der Waals surface area contributed by atoms with Gasteiger partial charge < -0.3 is 18.6 Å². The van der Waals surface area contributed by atoms with E-state index >= 15 is 0 Å². The fourth-order valence-corrected chi connectivity index (χ4v) is 2.71. The van der Waals surface area contributed by atoms with Gasteiger partial charge >= 0.3 is 7.12 Å². The van der Waals surface area contributed by atoms with Crippen LogP contribution in [0.15, 0.2) is 16.5 Å². The molecule has 2 aliphatic heterocycles. The summed E-state index contributed by atoms with van der Waals surface area (Å²) >= 11 is 0. The normalized spacial score (nSPS) is 25.2. The zero-order valence-corrected chi connectivity index (χ0v) is 12.9. The Bertz CT molecular complexity index is 461. The Morgan fingerprint density at radius 2 is 1.55 bits per heavy atom. The average molecular weight is 277 g/mol. The minimum absolute atomic E-state index is 0.324. The van der Waals surface area contributed by atoms with Gasteiger partial charge in [-0.3, -0.25) is 0 Å². The number of hydrogen-bond acceptors (Lipinski definition) is 4. The Hall–Kier alpha value is -0.935. The van der Waals surface area contributed by atoms with Crippen LogP contribution in [0.3, 0.4) is 0 Å². The summed E-state index contributed by atoms with van der Waals surface area (Å²) in [6.07, 6.45) is 3.81. The van der Waals surface area contributed by atoms with Gasteiger partial charge in [0.2, 0.25) is 0 Å². The number of hydrogen-bond donors (Lipinski definition) is 0. The van der Waals surface area contributed by atoms with Gasteiger partial charge in [-0.05, 0) is 53.0 Å². The first kappa shape index (κ1) is 14.0. The molecular formula is C15H24BNO3. The lowest BCUT2D eigenvalue weighted by Gasteiger charge is -2.32. The molecule has 2 fully saturated rings. The minimum Gasteiger partial charge on any atom is -0.449 e. The highest BCUT2D eigenvalue weighted by Crippen LogP contribution is 2.36. The Morgan fingerprint density at radius 1 is 0.950 bits per heavy atom. The van der Waals surface area contributed by atoms with Gasteiger partial charge in [-0.15, -0.1) is 0 Å². The molecule has 3 rings (SSSR count). The fraction of sp³-hybridized carbons (Fsp3) is 0.733. The molecule has 5 heteroatoms. The van der Waals surface area contributed by atoms with Crippen molar-refractivity contribution in [3.05, 3.63) is 12.1 Å². The van der Waals surface area contributed by atoms with Crippen LogP contribution in [0.5, 0.6) is 0 Å². The van der Waals surface area contributed by atoms with Gasteiger partial charge in [0.1, 0.15) is 5.66 Å². The third-order valence-electron chi connectivity index (χ3n) is 4.77. The maximum absolute atomic E-state index is 6.02. The van der Waals surface area contributed by atoms with Crippen molar-refractivity contribution < 1.29 is 13.7 Å². The van der Waals surface area contributed by atoms with E-state index in [1.807, 2.05) is 12.1 Å². The molecule has 2 saturated heterocycles. The van der Waals surface area contributed by atoms with Crippen LogP contribution in [0.1, 0.15) is 47.0 Å². The van der Waals surface area contributed by atoms with Gasteiger partial charge in [0, 0.05) is 19.2 Å². The summed E-state index contributed by atoms with van der Waals surface area (Å²) in [6, 6.07) is 4.01. The van der Waals surface area contributed by atoms with Gasteiger partial charge in [0.25, 0.3) is 0 Å². The van der Waals surface area contributed by atoms with Crippen molar-refractivity contribution in [3.63, 3.8) is 0 Å². The molecule has 110 valence electrons. The Labute approximate surface area is 121 Å². The van der Waals surface area contributed by atoms with Crippen LogP contribution in [0.4, 0.5) is 5.88 Å². The molecule has 0 aliphatic carbocycles. The lowest BCUT2D eigenvalue weighted by molar-refractivity contribution is 0.00578. The van der Waals surface area contributed by atoms with Crippen LogP contribution in [0, 0.1) is 0 Å². The Balaban J connectivity index is 1.74. The summed E-state index contributed by atoms with van der Waals surface area (Å²) in [5.41, 5.74) is 0.120. The van der Waals surface area contributed by atoms with Gasteiger partial charge in [-0.1, -0.05) is 0 Å². The van der Waals surface area contributed by atoms with Crippen LogP contribution in [0.25, 0.3) is 0 Å². The maximum atomic E-state index is 6.02. The largest absolute Gasteiger partial charge is 0.532 e. The summed E-state index contributed by atoms with van der Waals surface area (Å²) in [6.45, 7) is 10.4. The fourth-order valence-electron chi connectivity index (χ4n) is 2.71. The van der Waals surface area contributed by atoms with Crippen LogP contribution < -0.4 is 10.6 Å². The number of furan rings is 1. The molecule has 0 bridgehead atoms. The molecule has 20 heavy (non-hydrogen) atoms. The molecule has 0 unspecified atom stereocenters. The average Bonchev–Trinajstić information content (AvgIpc) is 2.94. The van der Waals surface area contributed by atoms with Crippen LogP contribution >= 0.6 is 0 Å². The molecule has 0 N–H and O–H groups in total. The molecule has 1 aromatic rings.